The molecule has 2 aliphatic heterocycles. The van der Waals surface area contributed by atoms with Gasteiger partial charge in [0.2, 0.25) is 0 Å². The summed E-state index contributed by atoms with van der Waals surface area (Å²) in [6, 6.07) is 14.0. The number of imide groups is 2. The highest BCUT2D eigenvalue weighted by Gasteiger charge is 2.38. The molecule has 0 spiro atoms. The van der Waals surface area contributed by atoms with Crippen molar-refractivity contribution < 1.29 is 93.5 Å². The van der Waals surface area contributed by atoms with Crippen molar-refractivity contribution in [2.24, 2.45) is 32.5 Å². The van der Waals surface area contributed by atoms with Gasteiger partial charge in [-0.05, 0) is 123 Å². The minimum absolute atomic E-state index is 0. The van der Waals surface area contributed by atoms with Crippen molar-refractivity contribution in [2.75, 3.05) is 38.6 Å². The molecule has 0 saturated carbocycles. The number of alkyl halides is 3. The zero-order valence-corrected chi connectivity index (χ0v) is 44.7. The van der Waals surface area contributed by atoms with Crippen LogP contribution in [-0.2, 0) is 57.7 Å². The van der Waals surface area contributed by atoms with Crippen molar-refractivity contribution >= 4 is 156 Å². The second-order valence-corrected chi connectivity index (χ2v) is 17.1. The Bertz CT molecular complexity index is 2690. The Morgan fingerprint density at radius 3 is 1.30 bits per heavy atom. The molecule has 79 heavy (non-hydrogen) atoms. The van der Waals surface area contributed by atoms with Gasteiger partial charge in [-0.25, -0.2) is 4.79 Å². The number of carbonyl (C=O) groups excluding carboxylic acids is 6. The third kappa shape index (κ3) is 34.9. The Hall–Kier alpha value is -7.41. The van der Waals surface area contributed by atoms with Crippen LogP contribution in [0.5, 0.6) is 0 Å². The molecule has 2 aliphatic rings. The van der Waals surface area contributed by atoms with E-state index in [1.165, 1.54) is 24.3 Å². The fourth-order valence-electron chi connectivity index (χ4n) is 5.69. The number of thiocarbonyl (C=S) groups is 4. The van der Waals surface area contributed by atoms with Crippen molar-refractivity contribution in [3.8, 4) is 0 Å². The summed E-state index contributed by atoms with van der Waals surface area (Å²) >= 11 is 18.6. The molecule has 0 fully saturated rings. The summed E-state index contributed by atoms with van der Waals surface area (Å²) in [7, 11) is -3.29. The number of Topliss-reactive ketones (excluding diaryl/α,β-unsaturated/α-hetero) is 2. The van der Waals surface area contributed by atoms with Gasteiger partial charge in [0.05, 0.1) is 64.6 Å². The van der Waals surface area contributed by atoms with Crippen LogP contribution in [0.15, 0.2) is 87.8 Å². The van der Waals surface area contributed by atoms with Crippen LogP contribution in [-0.4, -0.2) is 153 Å². The number of aliphatic carboxylic acids is 3. The zero-order valence-electron chi connectivity index (χ0n) is 41.6. The van der Waals surface area contributed by atoms with Crippen LogP contribution in [0.1, 0.15) is 58.8 Å². The van der Waals surface area contributed by atoms with E-state index in [9.17, 15) is 65.1 Å². The lowest BCUT2D eigenvalue weighted by atomic mass is 9.96. The van der Waals surface area contributed by atoms with Crippen LogP contribution in [0.2, 0.25) is 0 Å². The van der Waals surface area contributed by atoms with E-state index < -0.39 is 46.3 Å². The number of ketones is 2. The maximum Gasteiger partial charge on any atom is 0.490 e. The molecule has 0 unspecified atom stereocenters. The molecule has 4 rings (SSSR count). The lowest BCUT2D eigenvalue weighted by molar-refractivity contribution is -0.192. The van der Waals surface area contributed by atoms with Gasteiger partial charge in [0.1, 0.15) is 5.78 Å². The first kappa shape index (κ1) is 73.7. The number of hydrogen-bond acceptors (Lipinski definition) is 20. The van der Waals surface area contributed by atoms with Gasteiger partial charge in [-0.3, -0.25) is 61.6 Å². The topological polar surface area (TPSA) is 372 Å². The number of aliphatic imine (C=N–C) groups is 3. The molecule has 2 aromatic carbocycles. The van der Waals surface area contributed by atoms with Gasteiger partial charge in [-0.2, -0.15) is 36.6 Å². The lowest BCUT2D eigenvalue weighted by Gasteiger charge is -2.15. The Kier molecular flexibility index (Phi) is 38.0. The van der Waals surface area contributed by atoms with Gasteiger partial charge in [-0.1, -0.05) is 20.3 Å². The number of nitrogens with two attached hydrogens (primary N) is 1. The summed E-state index contributed by atoms with van der Waals surface area (Å²) in [5.74, 6) is -8.44. The number of benzene rings is 2. The maximum atomic E-state index is 12.2. The largest absolute Gasteiger partial charge is 0.490 e. The highest BCUT2D eigenvalue weighted by molar-refractivity contribution is 7.81. The normalized spacial score (nSPS) is 12.6. The van der Waals surface area contributed by atoms with Crippen LogP contribution in [0.3, 0.4) is 0 Å². The summed E-state index contributed by atoms with van der Waals surface area (Å²) in [5, 5.41) is 38.2. The Morgan fingerprint density at radius 2 is 1.03 bits per heavy atom. The van der Waals surface area contributed by atoms with E-state index in [0.717, 1.165) is 28.3 Å². The van der Waals surface area contributed by atoms with Crippen molar-refractivity contribution in [1.82, 2.24) is 15.1 Å². The standard InChI is InChI=1S/C21H22N4O5S2.C13H18N2O5.C8H4N2S2.C2HF3O2.CH4O4S.CH4.FH/c26-17(12-22-21(32)24-16-6-4-15(5-7-16)23-13-31)11-14(20(29)30)3-1-2-10-25-18(27)8-9-19(25)28;14-8-10(16)7-9(13(19)20)3-1-2-6-15-11(17)4-5-12(15)18;11-5-9-7-1-2-8(4-3-7)10-6-12;3-2(4,5)1(6)7;1-5-6(2,3)4;;/h4-9,14H,1-3,10-12H2,(H,29,30)(H2,22,24,32);4-5,9H,1-3,6-8,14H2,(H,19,20);1-4H;(H,6,7);1H3,(H,2,3,4);1H4;1H/t14-;9-;;;;;/m11...../s1/i/hD. The van der Waals surface area contributed by atoms with E-state index in [4.69, 9.17) is 42.2 Å². The van der Waals surface area contributed by atoms with Crippen molar-refractivity contribution in [2.45, 2.75) is 65.0 Å². The first-order valence-electron chi connectivity index (χ1n) is 22.1. The number of isothiocyanates is 3. The molecular weight excluding hydrogens is 1160 g/mol. The third-order valence-electron chi connectivity index (χ3n) is 9.44. The summed E-state index contributed by atoms with van der Waals surface area (Å²) in [6.45, 7) is 0.227. The summed E-state index contributed by atoms with van der Waals surface area (Å²) in [6.07, 6.45) is 2.10. The average molecular weight is 1210 g/mol. The first-order chi connectivity index (χ1) is 37.1. The number of rotatable bonds is 24. The fraction of sp³-hybridized carbons (Fsp3) is 0.370. The number of halogens is 4. The van der Waals surface area contributed by atoms with Crippen molar-refractivity contribution in [3.05, 3.63) is 72.8 Å². The minimum Gasteiger partial charge on any atom is -0.481 e. The maximum absolute atomic E-state index is 12.2. The molecule has 2 heterocycles. The summed E-state index contributed by atoms with van der Waals surface area (Å²) in [5.41, 5.74) is 8.01. The predicted molar refractivity (Wildman–Crippen MR) is 293 cm³/mol. The quantitative estimate of drug-likeness (QED) is 0.0154. The Morgan fingerprint density at radius 1 is 0.709 bits per heavy atom. The van der Waals surface area contributed by atoms with Gasteiger partial charge < -0.3 is 31.7 Å². The van der Waals surface area contributed by atoms with E-state index in [1.807, 2.05) is 0 Å². The average Bonchev–Trinajstić information content (AvgIpc) is 3.90. The van der Waals surface area contributed by atoms with Crippen molar-refractivity contribution in [3.63, 3.8) is 0 Å². The van der Waals surface area contributed by atoms with Crippen LogP contribution >= 0.6 is 48.9 Å². The molecule has 0 radical (unpaired) electrons. The highest BCUT2D eigenvalue weighted by Crippen LogP contribution is 2.20. The molecule has 33 heteroatoms. The molecule has 4 amide bonds. The number of anilines is 1. The number of nitrogens with zero attached hydrogens (tertiary/aromatic N) is 5. The Labute approximate surface area is 472 Å². The van der Waals surface area contributed by atoms with Gasteiger partial charge >= 0.3 is 34.5 Å². The molecule has 0 saturated heterocycles. The molecule has 2 atom stereocenters. The molecule has 24 nitrogen and oxygen atoms in total. The molecule has 8 N–H and O–H groups in total. The minimum atomic E-state index is -5.08. The zero-order chi connectivity index (χ0) is 60.7. The van der Waals surface area contributed by atoms with E-state index >= 15 is 0 Å². The van der Waals surface area contributed by atoms with E-state index in [1.54, 1.807) is 48.5 Å². The molecular formula is C46H54F4N8O16S5. The Balaban J connectivity index is -0.00000105. The summed E-state index contributed by atoms with van der Waals surface area (Å²) in [4.78, 5) is 114. The number of carboxylic acids is 3. The van der Waals surface area contributed by atoms with Crippen LogP contribution in [0, 0.1) is 11.8 Å². The first-order valence-corrected chi connectivity index (χ1v) is 24.7. The van der Waals surface area contributed by atoms with Crippen molar-refractivity contribution in [1.29, 1.82) is 1.45 Å². The number of nitrogens with one attached hydrogen (secondary N) is 2. The number of carbonyl (C=O) groups is 9. The predicted octanol–water partition coefficient (Wildman–Crippen LogP) is 6.18. The smallest absolute Gasteiger partial charge is 0.481 e. The molecule has 0 bridgehead atoms. The molecule has 432 valence electrons. The SMILES string of the molecule is C.COS(=O)(=O)O.NCC(=O)C[C@@H](CCCCN1C(=O)C=CC1=O)C(=O)O.O=C(CNC(=S)Nc1ccc(N=C=S)cc1)C[C@@H](CCCCN1C(=O)C=CC1=O)C(=O)O.O=C(O)C(F)(F)F.S=C=Nc1ccc(N=C=S)cc1.[2H]F. The van der Waals surface area contributed by atoms with Crippen LogP contribution in [0.4, 0.5) is 40.6 Å². The number of carboxylic acid groups (broad SMARTS) is 3. The molecule has 0 aliphatic carbocycles. The molecule has 0 aromatic heterocycles. The molecule has 2 aromatic rings. The van der Waals surface area contributed by atoms with E-state index in [2.05, 4.69) is 83.4 Å². The number of hydrogen-bond donors (Lipinski definition) is 7. The van der Waals surface area contributed by atoms with Crippen LogP contribution in [0.25, 0.3) is 0 Å². The van der Waals surface area contributed by atoms with E-state index in [-0.39, 0.29) is 93.2 Å². The second-order valence-electron chi connectivity index (χ2n) is 15.0. The van der Waals surface area contributed by atoms with Crippen LogP contribution < -0.4 is 16.4 Å². The highest BCUT2D eigenvalue weighted by atomic mass is 32.3. The third-order valence-corrected chi connectivity index (χ3v) is 10.4. The van der Waals surface area contributed by atoms with Gasteiger partial charge in [0.25, 0.3) is 25.1 Å². The monoisotopic (exact) mass is 1210 g/mol. The lowest BCUT2D eigenvalue weighted by Crippen LogP contribution is -2.34. The van der Waals surface area contributed by atoms with Gasteiger partial charge in [0, 0.05) is 55.9 Å². The summed E-state index contributed by atoms with van der Waals surface area (Å²) < 4.78 is 74.4. The number of unbranched alkanes of at least 4 members (excludes halogenated alkanes) is 2. The van der Waals surface area contributed by atoms with Gasteiger partial charge in [-0.15, -0.1) is 0 Å². The van der Waals surface area contributed by atoms with Gasteiger partial charge in [0.15, 0.2) is 10.9 Å². The fourth-order valence-corrected chi connectivity index (χ4v) is 6.19. The van der Waals surface area contributed by atoms with E-state index in [0.29, 0.717) is 43.5 Å². The second kappa shape index (κ2) is 40.8. The number of amides is 4.